The zero-order valence-electron chi connectivity index (χ0n) is 13.8. The second-order valence-corrected chi connectivity index (χ2v) is 5.88. The predicted molar refractivity (Wildman–Crippen MR) is 99.0 cm³/mol. The number of anilines is 2. The van der Waals surface area contributed by atoms with Crippen LogP contribution in [0.2, 0.25) is 0 Å². The largest absolute Gasteiger partial charge is 0.497 e. The number of fused-ring (bicyclic) bond motifs is 1. The van der Waals surface area contributed by atoms with Crippen LogP contribution in [0.15, 0.2) is 47.6 Å². The number of carbonyl (C=O) groups is 1. The van der Waals surface area contributed by atoms with Gasteiger partial charge in [0.1, 0.15) is 5.75 Å². The number of rotatable bonds is 3. The molecule has 0 atom stereocenters. The molecule has 3 rings (SSSR count). The maximum atomic E-state index is 12.7. The minimum absolute atomic E-state index is 0.0587. The van der Waals surface area contributed by atoms with Gasteiger partial charge >= 0.3 is 6.18 Å². The molecule has 0 saturated heterocycles. The lowest BCUT2D eigenvalue weighted by Crippen LogP contribution is -2.27. The van der Waals surface area contributed by atoms with Crippen LogP contribution < -0.4 is 20.8 Å². The Morgan fingerprint density at radius 2 is 2.00 bits per heavy atom. The second-order valence-electron chi connectivity index (χ2n) is 5.47. The first-order valence-electron chi connectivity index (χ1n) is 7.59. The van der Waals surface area contributed by atoms with Crippen LogP contribution in [0.5, 0.6) is 5.75 Å². The van der Waals surface area contributed by atoms with Crippen LogP contribution >= 0.6 is 12.2 Å². The summed E-state index contributed by atoms with van der Waals surface area (Å²) >= 11 is 5.02. The third-order valence-electron chi connectivity index (χ3n) is 3.66. The van der Waals surface area contributed by atoms with Crippen molar-refractivity contribution in [1.82, 2.24) is 5.43 Å². The van der Waals surface area contributed by atoms with E-state index in [2.05, 4.69) is 21.2 Å². The van der Waals surface area contributed by atoms with E-state index in [1.807, 2.05) is 0 Å². The van der Waals surface area contributed by atoms with E-state index < -0.39 is 17.6 Å². The molecular weight excluding hydrogens is 381 g/mol. The van der Waals surface area contributed by atoms with Crippen LogP contribution in [-0.2, 0) is 11.0 Å². The zero-order valence-corrected chi connectivity index (χ0v) is 14.7. The van der Waals surface area contributed by atoms with Crippen LogP contribution in [-0.4, -0.2) is 23.8 Å². The Hall–Kier alpha value is -3.14. The van der Waals surface area contributed by atoms with Gasteiger partial charge in [0.2, 0.25) is 0 Å². The Labute approximate surface area is 157 Å². The van der Waals surface area contributed by atoms with E-state index >= 15 is 0 Å². The van der Waals surface area contributed by atoms with Gasteiger partial charge in [-0.3, -0.25) is 10.2 Å². The molecule has 2 aromatic rings. The molecule has 0 aliphatic carbocycles. The van der Waals surface area contributed by atoms with E-state index in [1.54, 1.807) is 18.2 Å². The van der Waals surface area contributed by atoms with Gasteiger partial charge in [-0.2, -0.15) is 18.3 Å². The smallest absolute Gasteiger partial charge is 0.416 e. The summed E-state index contributed by atoms with van der Waals surface area (Å²) in [5, 5.41) is 9.14. The van der Waals surface area contributed by atoms with Crippen molar-refractivity contribution in [2.24, 2.45) is 5.10 Å². The number of halogens is 3. The second kappa shape index (κ2) is 7.23. The lowest BCUT2D eigenvalue weighted by Gasteiger charge is -2.11. The van der Waals surface area contributed by atoms with E-state index in [4.69, 9.17) is 17.0 Å². The molecule has 1 aliphatic heterocycles. The van der Waals surface area contributed by atoms with Gasteiger partial charge in [-0.1, -0.05) is 6.07 Å². The third-order valence-corrected chi connectivity index (χ3v) is 3.86. The number of carbonyl (C=O) groups excluding carboxylic acids is 1. The summed E-state index contributed by atoms with van der Waals surface area (Å²) in [5.74, 6) is 0.137. The van der Waals surface area contributed by atoms with Crippen LogP contribution in [0, 0.1) is 0 Å². The number of alkyl halides is 3. The molecule has 0 spiro atoms. The molecule has 10 heteroatoms. The number of nitrogens with one attached hydrogen (secondary N) is 3. The van der Waals surface area contributed by atoms with E-state index in [0.29, 0.717) is 17.0 Å². The molecule has 1 amide bonds. The number of ether oxygens (including phenoxy) is 1. The lowest BCUT2D eigenvalue weighted by atomic mass is 10.1. The van der Waals surface area contributed by atoms with Crippen LogP contribution in [0.4, 0.5) is 24.5 Å². The average molecular weight is 394 g/mol. The molecule has 6 nitrogen and oxygen atoms in total. The van der Waals surface area contributed by atoms with Crippen molar-refractivity contribution in [3.8, 4) is 5.75 Å². The first kappa shape index (κ1) is 18.6. The summed E-state index contributed by atoms with van der Waals surface area (Å²) in [4.78, 5) is 12.0. The monoisotopic (exact) mass is 394 g/mol. The van der Waals surface area contributed by atoms with Gasteiger partial charge in [-0.05, 0) is 42.5 Å². The number of hydrogen-bond donors (Lipinski definition) is 3. The summed E-state index contributed by atoms with van der Waals surface area (Å²) in [6.45, 7) is 0. The van der Waals surface area contributed by atoms with Gasteiger partial charge in [0.25, 0.3) is 5.91 Å². The predicted octanol–water partition coefficient (Wildman–Crippen LogP) is 3.36. The molecule has 140 valence electrons. The SMILES string of the molecule is COc1ccc2c(c1)NC(=O)/C2=N\NC(=S)Nc1cccc(C(F)(F)F)c1. The maximum Gasteiger partial charge on any atom is 0.416 e. The Balaban J connectivity index is 1.72. The number of amides is 1. The Morgan fingerprint density at radius 1 is 1.22 bits per heavy atom. The molecule has 0 saturated carbocycles. The normalized spacial score (nSPS) is 14.5. The quantitative estimate of drug-likeness (QED) is 0.550. The molecular formula is C17H13F3N4O2S. The molecule has 1 heterocycles. The Bertz CT molecular complexity index is 944. The molecule has 27 heavy (non-hydrogen) atoms. The number of thiocarbonyl (C=S) groups is 1. The first-order valence-corrected chi connectivity index (χ1v) is 8.00. The molecule has 0 unspecified atom stereocenters. The highest BCUT2D eigenvalue weighted by Crippen LogP contribution is 2.30. The van der Waals surface area contributed by atoms with Crippen molar-refractivity contribution >= 4 is 40.3 Å². The fourth-order valence-electron chi connectivity index (χ4n) is 2.41. The summed E-state index contributed by atoms with van der Waals surface area (Å²) in [6.07, 6.45) is -4.46. The van der Waals surface area contributed by atoms with Crippen molar-refractivity contribution in [3.05, 3.63) is 53.6 Å². The molecule has 0 fully saturated rings. The molecule has 3 N–H and O–H groups in total. The Morgan fingerprint density at radius 3 is 2.70 bits per heavy atom. The first-order chi connectivity index (χ1) is 12.8. The van der Waals surface area contributed by atoms with Gasteiger partial charge in [0, 0.05) is 17.3 Å². The van der Waals surface area contributed by atoms with E-state index in [1.165, 1.54) is 19.2 Å². The molecule has 0 aromatic heterocycles. The zero-order chi connectivity index (χ0) is 19.6. The van der Waals surface area contributed by atoms with Gasteiger partial charge < -0.3 is 15.4 Å². The number of nitrogens with zero attached hydrogens (tertiary/aromatic N) is 1. The van der Waals surface area contributed by atoms with Gasteiger partial charge in [-0.15, -0.1) is 0 Å². The average Bonchev–Trinajstić information content (AvgIpc) is 2.93. The van der Waals surface area contributed by atoms with Crippen molar-refractivity contribution in [2.75, 3.05) is 17.7 Å². The van der Waals surface area contributed by atoms with Crippen molar-refractivity contribution in [3.63, 3.8) is 0 Å². The van der Waals surface area contributed by atoms with Crippen LogP contribution in [0.3, 0.4) is 0 Å². The third kappa shape index (κ3) is 4.17. The van der Waals surface area contributed by atoms with Crippen LogP contribution in [0.1, 0.15) is 11.1 Å². The molecule has 0 radical (unpaired) electrons. The summed E-state index contributed by atoms with van der Waals surface area (Å²) in [6, 6.07) is 9.55. The fourth-order valence-corrected chi connectivity index (χ4v) is 2.58. The highest BCUT2D eigenvalue weighted by atomic mass is 32.1. The number of benzene rings is 2. The minimum atomic E-state index is -4.46. The standard InChI is InChI=1S/C17H13F3N4O2S/c1-26-11-5-6-12-13(8-11)22-15(25)14(12)23-24-16(27)21-10-4-2-3-9(7-10)17(18,19)20/h2-8H,1H3,(H2,21,24,27)(H,22,23,25). The van der Waals surface area contributed by atoms with Gasteiger partial charge in [-0.25, -0.2) is 0 Å². The number of hydrazone groups is 1. The Kier molecular flexibility index (Phi) is 5.00. The molecule has 1 aliphatic rings. The van der Waals surface area contributed by atoms with E-state index in [0.717, 1.165) is 12.1 Å². The molecule has 2 aromatic carbocycles. The van der Waals surface area contributed by atoms with Crippen molar-refractivity contribution in [1.29, 1.82) is 0 Å². The summed E-state index contributed by atoms with van der Waals surface area (Å²) < 4.78 is 43.3. The highest BCUT2D eigenvalue weighted by Gasteiger charge is 2.30. The van der Waals surface area contributed by atoms with Crippen molar-refractivity contribution in [2.45, 2.75) is 6.18 Å². The highest BCUT2D eigenvalue weighted by molar-refractivity contribution is 7.80. The van der Waals surface area contributed by atoms with Gasteiger partial charge in [0.05, 0.1) is 18.4 Å². The van der Waals surface area contributed by atoms with E-state index in [-0.39, 0.29) is 16.5 Å². The van der Waals surface area contributed by atoms with Crippen LogP contribution in [0.25, 0.3) is 0 Å². The van der Waals surface area contributed by atoms with Gasteiger partial charge in [0.15, 0.2) is 10.8 Å². The fraction of sp³-hybridized carbons (Fsp3) is 0.118. The molecule has 0 bridgehead atoms. The summed E-state index contributed by atoms with van der Waals surface area (Å²) in [5.41, 5.74) is 2.99. The minimum Gasteiger partial charge on any atom is -0.497 e. The summed E-state index contributed by atoms with van der Waals surface area (Å²) in [7, 11) is 1.51. The van der Waals surface area contributed by atoms with Crippen molar-refractivity contribution < 1.29 is 22.7 Å². The lowest BCUT2D eigenvalue weighted by molar-refractivity contribution is -0.137. The number of methoxy groups -OCH3 is 1. The van der Waals surface area contributed by atoms with E-state index in [9.17, 15) is 18.0 Å². The maximum absolute atomic E-state index is 12.7. The topological polar surface area (TPSA) is 74.8 Å². The number of hydrogen-bond acceptors (Lipinski definition) is 4.